The number of hydrogen-bond acceptors (Lipinski definition) is 4. The molecule has 2 fully saturated rings. The second-order valence-corrected chi connectivity index (χ2v) is 6.25. The molecule has 21 heavy (non-hydrogen) atoms. The maximum absolute atomic E-state index is 12.4. The molecule has 2 aliphatic carbocycles. The Kier molecular flexibility index (Phi) is 2.64. The lowest BCUT2D eigenvalue weighted by atomic mass is 10.1. The van der Waals surface area contributed by atoms with Crippen molar-refractivity contribution in [2.24, 2.45) is 0 Å². The van der Waals surface area contributed by atoms with Crippen LogP contribution in [0.5, 0.6) is 0 Å². The lowest BCUT2D eigenvalue weighted by Crippen LogP contribution is -2.16. The van der Waals surface area contributed by atoms with Gasteiger partial charge in [0.25, 0.3) is 5.91 Å². The predicted molar refractivity (Wildman–Crippen MR) is 77.3 cm³/mol. The van der Waals surface area contributed by atoms with Gasteiger partial charge in [-0.2, -0.15) is 0 Å². The highest BCUT2D eigenvalue weighted by Crippen LogP contribution is 2.46. The quantitative estimate of drug-likeness (QED) is 0.935. The van der Waals surface area contributed by atoms with E-state index in [1.54, 1.807) is 24.6 Å². The van der Waals surface area contributed by atoms with Crippen LogP contribution in [0, 0.1) is 0 Å². The molecule has 0 atom stereocenters. The van der Waals surface area contributed by atoms with Gasteiger partial charge in [0.15, 0.2) is 0 Å². The van der Waals surface area contributed by atoms with E-state index in [2.05, 4.69) is 22.2 Å². The number of nitrogens with one attached hydrogen (secondary N) is 1. The normalized spacial score (nSPS) is 19.3. The van der Waals surface area contributed by atoms with E-state index >= 15 is 0 Å². The molecule has 108 valence electrons. The Labute approximate surface area is 122 Å². The van der Waals surface area contributed by atoms with Crippen LogP contribution in [0.4, 0.5) is 5.82 Å². The van der Waals surface area contributed by atoms with E-state index in [9.17, 15) is 4.79 Å². The first-order chi connectivity index (χ1) is 10.2. The number of carbonyl (C=O) groups excluding carboxylic acids is 1. The SMILES string of the molecule is CC1(c2nccc(NC(=O)c3ccoc3C3CC3)n2)CC1. The van der Waals surface area contributed by atoms with Crippen molar-refractivity contribution < 1.29 is 9.21 Å². The third kappa shape index (κ3) is 2.33. The zero-order valence-corrected chi connectivity index (χ0v) is 11.9. The van der Waals surface area contributed by atoms with E-state index in [-0.39, 0.29) is 11.3 Å². The number of hydrogen-bond donors (Lipinski definition) is 1. The summed E-state index contributed by atoms with van der Waals surface area (Å²) in [7, 11) is 0. The van der Waals surface area contributed by atoms with E-state index in [0.717, 1.165) is 37.3 Å². The fourth-order valence-corrected chi connectivity index (χ4v) is 2.48. The maximum atomic E-state index is 12.4. The lowest BCUT2D eigenvalue weighted by Gasteiger charge is -2.09. The van der Waals surface area contributed by atoms with Crippen molar-refractivity contribution in [2.45, 2.75) is 43.9 Å². The third-order valence-electron chi connectivity index (χ3n) is 4.32. The number of nitrogens with zero attached hydrogens (tertiary/aromatic N) is 2. The number of anilines is 1. The summed E-state index contributed by atoms with van der Waals surface area (Å²) in [5.41, 5.74) is 0.713. The van der Waals surface area contributed by atoms with E-state index in [1.165, 1.54) is 0 Å². The van der Waals surface area contributed by atoms with E-state index in [0.29, 0.717) is 17.3 Å². The molecule has 2 saturated carbocycles. The molecule has 2 aromatic heterocycles. The molecule has 0 aliphatic heterocycles. The van der Waals surface area contributed by atoms with Crippen molar-refractivity contribution in [3.05, 3.63) is 41.7 Å². The lowest BCUT2D eigenvalue weighted by molar-refractivity contribution is 0.102. The number of furan rings is 1. The summed E-state index contributed by atoms with van der Waals surface area (Å²) in [5.74, 6) is 2.43. The van der Waals surface area contributed by atoms with Gasteiger partial charge in [-0.15, -0.1) is 0 Å². The van der Waals surface area contributed by atoms with Crippen LogP contribution in [-0.4, -0.2) is 15.9 Å². The number of carbonyl (C=O) groups is 1. The van der Waals surface area contributed by atoms with Gasteiger partial charge in [0.05, 0.1) is 11.8 Å². The summed E-state index contributed by atoms with van der Waals surface area (Å²) in [4.78, 5) is 21.2. The Hall–Kier alpha value is -2.17. The van der Waals surface area contributed by atoms with Crippen LogP contribution < -0.4 is 5.32 Å². The monoisotopic (exact) mass is 283 g/mol. The molecule has 0 radical (unpaired) electrons. The maximum Gasteiger partial charge on any atom is 0.260 e. The summed E-state index contributed by atoms with van der Waals surface area (Å²) >= 11 is 0. The van der Waals surface area contributed by atoms with Crippen molar-refractivity contribution in [1.29, 1.82) is 0 Å². The molecule has 2 heterocycles. The first-order valence-electron chi connectivity index (χ1n) is 7.38. The van der Waals surface area contributed by atoms with Crippen LogP contribution in [0.2, 0.25) is 0 Å². The van der Waals surface area contributed by atoms with E-state index in [1.807, 2.05) is 0 Å². The molecule has 5 heteroatoms. The van der Waals surface area contributed by atoms with E-state index in [4.69, 9.17) is 4.42 Å². The molecule has 1 amide bonds. The second kappa shape index (κ2) is 4.41. The Morgan fingerprint density at radius 2 is 2.19 bits per heavy atom. The van der Waals surface area contributed by atoms with Crippen LogP contribution in [0.1, 0.15) is 60.5 Å². The van der Waals surface area contributed by atoms with Gasteiger partial charge in [-0.3, -0.25) is 4.79 Å². The smallest absolute Gasteiger partial charge is 0.260 e. The van der Waals surface area contributed by atoms with Crippen LogP contribution in [0.15, 0.2) is 29.0 Å². The van der Waals surface area contributed by atoms with Crippen LogP contribution >= 0.6 is 0 Å². The molecule has 0 spiro atoms. The molecule has 2 aromatic rings. The van der Waals surface area contributed by atoms with Crippen molar-refractivity contribution in [1.82, 2.24) is 9.97 Å². The minimum absolute atomic E-state index is 0.0928. The molecule has 5 nitrogen and oxygen atoms in total. The third-order valence-corrected chi connectivity index (χ3v) is 4.32. The van der Waals surface area contributed by atoms with Gasteiger partial charge in [0.2, 0.25) is 0 Å². The largest absolute Gasteiger partial charge is 0.468 e. The molecule has 0 unspecified atom stereocenters. The summed E-state index contributed by atoms with van der Waals surface area (Å²) < 4.78 is 5.44. The molecular formula is C16H17N3O2. The fraction of sp³-hybridized carbons (Fsp3) is 0.438. The highest BCUT2D eigenvalue weighted by Gasteiger charge is 2.42. The highest BCUT2D eigenvalue weighted by molar-refractivity contribution is 6.04. The standard InChI is InChI=1S/C16H17N3O2/c1-16(6-7-16)15-17-8-4-12(19-15)18-14(20)11-5-9-21-13(11)10-2-3-10/h4-5,8-10H,2-3,6-7H2,1H3,(H,17,18,19,20). The van der Waals surface area contributed by atoms with Crippen molar-refractivity contribution in [2.75, 3.05) is 5.32 Å². The van der Waals surface area contributed by atoms with Crippen molar-refractivity contribution in [3.8, 4) is 0 Å². The minimum atomic E-state index is -0.156. The highest BCUT2D eigenvalue weighted by atomic mass is 16.3. The molecule has 1 N–H and O–H groups in total. The second-order valence-electron chi connectivity index (χ2n) is 6.25. The molecule has 0 saturated heterocycles. The number of aromatic nitrogens is 2. The van der Waals surface area contributed by atoms with Gasteiger partial charge in [-0.1, -0.05) is 6.92 Å². The van der Waals surface area contributed by atoms with Crippen LogP contribution in [0.25, 0.3) is 0 Å². The Morgan fingerprint density at radius 3 is 2.90 bits per heavy atom. The van der Waals surface area contributed by atoms with Gasteiger partial charge in [0, 0.05) is 17.5 Å². The average molecular weight is 283 g/mol. The topological polar surface area (TPSA) is 68.0 Å². The number of amides is 1. The molecule has 2 aliphatic rings. The molecule has 0 bridgehead atoms. The molecule has 0 aromatic carbocycles. The van der Waals surface area contributed by atoms with Crippen molar-refractivity contribution in [3.63, 3.8) is 0 Å². The Balaban J connectivity index is 1.55. The minimum Gasteiger partial charge on any atom is -0.468 e. The van der Waals surface area contributed by atoms with Crippen LogP contribution in [-0.2, 0) is 5.41 Å². The van der Waals surface area contributed by atoms with Crippen molar-refractivity contribution >= 4 is 11.7 Å². The summed E-state index contributed by atoms with van der Waals surface area (Å²) in [6.07, 6.45) is 7.71. The Bertz CT molecular complexity index is 699. The van der Waals surface area contributed by atoms with Gasteiger partial charge in [-0.25, -0.2) is 9.97 Å². The summed E-state index contributed by atoms with van der Waals surface area (Å²) in [6, 6.07) is 3.46. The van der Waals surface area contributed by atoms with Gasteiger partial charge < -0.3 is 9.73 Å². The van der Waals surface area contributed by atoms with Crippen LogP contribution in [0.3, 0.4) is 0 Å². The zero-order valence-electron chi connectivity index (χ0n) is 11.9. The fourth-order valence-electron chi connectivity index (χ4n) is 2.48. The van der Waals surface area contributed by atoms with Gasteiger partial charge in [0.1, 0.15) is 17.4 Å². The first kappa shape index (κ1) is 12.6. The van der Waals surface area contributed by atoms with Gasteiger partial charge in [-0.05, 0) is 37.8 Å². The average Bonchev–Trinajstić information content (AvgIpc) is 3.41. The zero-order chi connectivity index (χ0) is 14.4. The Morgan fingerprint density at radius 1 is 1.38 bits per heavy atom. The molecular weight excluding hydrogens is 266 g/mol. The molecule has 4 rings (SSSR count). The predicted octanol–water partition coefficient (Wildman–Crippen LogP) is 3.25. The van der Waals surface area contributed by atoms with Gasteiger partial charge >= 0.3 is 0 Å². The number of rotatable bonds is 4. The van der Waals surface area contributed by atoms with E-state index < -0.39 is 0 Å². The summed E-state index contributed by atoms with van der Waals surface area (Å²) in [6.45, 7) is 2.15. The summed E-state index contributed by atoms with van der Waals surface area (Å²) in [5, 5.41) is 2.86. The first-order valence-corrected chi connectivity index (χ1v) is 7.38.